The Balaban J connectivity index is 1.67. The lowest BCUT2D eigenvalue weighted by atomic mass is 10.0. The highest BCUT2D eigenvalue weighted by Crippen LogP contribution is 2.25. The number of benzene rings is 3. The summed E-state index contributed by atoms with van der Waals surface area (Å²) in [7, 11) is 0. The van der Waals surface area contributed by atoms with Gasteiger partial charge in [-0.1, -0.05) is 61.9 Å². The van der Waals surface area contributed by atoms with E-state index in [9.17, 15) is 23.9 Å². The van der Waals surface area contributed by atoms with Gasteiger partial charge in [-0.15, -0.1) is 0 Å². The molecule has 7 heteroatoms. The molecule has 3 aromatic carbocycles. The number of halogens is 1. The molecule has 6 nitrogen and oxygen atoms in total. The number of aryl methyl sites for hydroxylation is 1. The predicted molar refractivity (Wildman–Crippen MR) is 129 cm³/mol. The maximum Gasteiger partial charge on any atom is 0.326 e. The minimum atomic E-state index is -1.10. The van der Waals surface area contributed by atoms with Crippen molar-refractivity contribution in [1.29, 1.82) is 0 Å². The van der Waals surface area contributed by atoms with E-state index in [1.165, 1.54) is 12.1 Å². The Labute approximate surface area is 197 Å². The van der Waals surface area contributed by atoms with Crippen LogP contribution in [0.25, 0.3) is 11.1 Å². The molecule has 2 amide bonds. The van der Waals surface area contributed by atoms with E-state index in [2.05, 4.69) is 10.6 Å². The fraction of sp³-hybridized carbons (Fsp3) is 0.222. The van der Waals surface area contributed by atoms with Gasteiger partial charge in [-0.25, -0.2) is 9.18 Å². The van der Waals surface area contributed by atoms with E-state index in [0.717, 1.165) is 11.1 Å². The molecule has 0 saturated heterocycles. The standard InChI is InChI=1S/C27H27FN2O4/c1-16(2)25(27(33)34)30-26(32)20-10-8-19(9-11-20)21-12-13-23(22(28)15-21)29-24(31)14-18-6-4-17(3)5-7-18/h4-13,15-16,25H,14H2,1-3H3,(H,29,31)(H,30,32)(H,33,34)/t25-/m0/s1. The minimum absolute atomic E-state index is 0.0882. The van der Waals surface area contributed by atoms with Gasteiger partial charge in [0, 0.05) is 5.56 Å². The van der Waals surface area contributed by atoms with E-state index in [-0.39, 0.29) is 23.9 Å². The van der Waals surface area contributed by atoms with Crippen molar-refractivity contribution in [3.63, 3.8) is 0 Å². The van der Waals surface area contributed by atoms with E-state index in [4.69, 9.17) is 0 Å². The van der Waals surface area contributed by atoms with Gasteiger partial charge in [-0.2, -0.15) is 0 Å². The molecular weight excluding hydrogens is 435 g/mol. The molecule has 0 bridgehead atoms. The summed E-state index contributed by atoms with van der Waals surface area (Å²) in [6.07, 6.45) is 0.143. The van der Waals surface area contributed by atoms with Gasteiger partial charge in [0.05, 0.1) is 12.1 Å². The first-order chi connectivity index (χ1) is 16.1. The number of aliphatic carboxylic acids is 1. The fourth-order valence-corrected chi connectivity index (χ4v) is 3.43. The van der Waals surface area contributed by atoms with Gasteiger partial charge in [0.25, 0.3) is 5.91 Å². The van der Waals surface area contributed by atoms with Gasteiger partial charge < -0.3 is 15.7 Å². The molecule has 3 rings (SSSR count). The van der Waals surface area contributed by atoms with Crippen molar-refractivity contribution < 1.29 is 23.9 Å². The fourth-order valence-electron chi connectivity index (χ4n) is 3.43. The van der Waals surface area contributed by atoms with E-state index >= 15 is 0 Å². The van der Waals surface area contributed by atoms with Crippen LogP contribution in [-0.4, -0.2) is 28.9 Å². The normalized spacial score (nSPS) is 11.7. The summed E-state index contributed by atoms with van der Waals surface area (Å²) < 4.78 is 14.7. The SMILES string of the molecule is Cc1ccc(CC(=O)Nc2ccc(-c3ccc(C(=O)N[C@H](C(=O)O)C(C)C)cc3)cc2F)cc1. The van der Waals surface area contributed by atoms with Crippen molar-refractivity contribution in [2.75, 3.05) is 5.32 Å². The number of hydrogen-bond donors (Lipinski definition) is 3. The number of carbonyl (C=O) groups is 3. The van der Waals surface area contributed by atoms with Crippen LogP contribution in [0.2, 0.25) is 0 Å². The Kier molecular flexibility index (Phi) is 7.79. The Morgan fingerprint density at radius 3 is 2.09 bits per heavy atom. The smallest absolute Gasteiger partial charge is 0.326 e. The lowest BCUT2D eigenvalue weighted by Crippen LogP contribution is -2.44. The average molecular weight is 463 g/mol. The third-order valence-corrected chi connectivity index (χ3v) is 5.43. The maximum absolute atomic E-state index is 14.7. The van der Waals surface area contributed by atoms with Crippen LogP contribution in [-0.2, 0) is 16.0 Å². The Bertz CT molecular complexity index is 1190. The molecule has 0 unspecified atom stereocenters. The molecule has 0 aliphatic carbocycles. The van der Waals surface area contributed by atoms with Crippen LogP contribution in [0, 0.1) is 18.7 Å². The summed E-state index contributed by atoms with van der Waals surface area (Å²) in [5.74, 6) is -2.74. The van der Waals surface area contributed by atoms with Gasteiger partial charge in [0.2, 0.25) is 5.91 Å². The molecule has 0 radical (unpaired) electrons. The topological polar surface area (TPSA) is 95.5 Å². The second kappa shape index (κ2) is 10.7. The van der Waals surface area contributed by atoms with Crippen molar-refractivity contribution in [3.05, 3.63) is 89.2 Å². The lowest BCUT2D eigenvalue weighted by molar-refractivity contribution is -0.140. The largest absolute Gasteiger partial charge is 0.480 e. The number of rotatable bonds is 8. The molecule has 0 aliphatic heterocycles. The number of amides is 2. The van der Waals surface area contributed by atoms with E-state index in [1.807, 2.05) is 31.2 Å². The van der Waals surface area contributed by atoms with E-state index in [1.54, 1.807) is 44.2 Å². The second-order valence-electron chi connectivity index (χ2n) is 8.52. The van der Waals surface area contributed by atoms with Crippen molar-refractivity contribution >= 4 is 23.5 Å². The van der Waals surface area contributed by atoms with Crippen molar-refractivity contribution in [2.24, 2.45) is 5.92 Å². The number of carbonyl (C=O) groups excluding carboxylic acids is 2. The third kappa shape index (κ3) is 6.28. The first-order valence-electron chi connectivity index (χ1n) is 10.9. The molecule has 3 N–H and O–H groups in total. The van der Waals surface area contributed by atoms with Crippen LogP contribution < -0.4 is 10.6 Å². The molecular formula is C27H27FN2O4. The summed E-state index contributed by atoms with van der Waals surface area (Å²) >= 11 is 0. The van der Waals surface area contributed by atoms with Gasteiger partial charge in [0.1, 0.15) is 11.9 Å². The average Bonchev–Trinajstić information content (AvgIpc) is 2.80. The summed E-state index contributed by atoms with van der Waals surface area (Å²) in [6.45, 7) is 5.39. The van der Waals surface area contributed by atoms with Gasteiger partial charge in [-0.3, -0.25) is 9.59 Å². The summed E-state index contributed by atoms with van der Waals surface area (Å²) in [5.41, 5.74) is 3.58. The molecule has 0 aliphatic rings. The maximum atomic E-state index is 14.7. The van der Waals surface area contributed by atoms with Crippen LogP contribution in [0.5, 0.6) is 0 Å². The van der Waals surface area contributed by atoms with Crippen molar-refractivity contribution in [2.45, 2.75) is 33.2 Å². The van der Waals surface area contributed by atoms with Gasteiger partial charge >= 0.3 is 5.97 Å². The minimum Gasteiger partial charge on any atom is -0.480 e. The quantitative estimate of drug-likeness (QED) is 0.447. The molecule has 3 aromatic rings. The van der Waals surface area contributed by atoms with Crippen LogP contribution in [0.3, 0.4) is 0 Å². The molecule has 34 heavy (non-hydrogen) atoms. The molecule has 0 aromatic heterocycles. The number of anilines is 1. The van der Waals surface area contributed by atoms with E-state index < -0.39 is 23.7 Å². The van der Waals surface area contributed by atoms with Gasteiger partial charge in [-0.05, 0) is 53.8 Å². The molecule has 176 valence electrons. The highest BCUT2D eigenvalue weighted by atomic mass is 19.1. The third-order valence-electron chi connectivity index (χ3n) is 5.43. The van der Waals surface area contributed by atoms with Crippen LogP contribution in [0.4, 0.5) is 10.1 Å². The Morgan fingerprint density at radius 1 is 0.912 bits per heavy atom. The number of nitrogens with one attached hydrogen (secondary N) is 2. The first kappa shape index (κ1) is 24.6. The summed E-state index contributed by atoms with van der Waals surface area (Å²) in [6, 6.07) is 17.5. The Morgan fingerprint density at radius 2 is 1.53 bits per heavy atom. The first-order valence-corrected chi connectivity index (χ1v) is 10.9. The second-order valence-corrected chi connectivity index (χ2v) is 8.52. The summed E-state index contributed by atoms with van der Waals surface area (Å²) in [5, 5.41) is 14.3. The van der Waals surface area contributed by atoms with Crippen molar-refractivity contribution in [3.8, 4) is 11.1 Å². The molecule has 0 heterocycles. The number of carboxylic acid groups (broad SMARTS) is 1. The predicted octanol–water partition coefficient (Wildman–Crippen LogP) is 4.82. The molecule has 0 fully saturated rings. The summed E-state index contributed by atoms with van der Waals surface area (Å²) in [4.78, 5) is 36.0. The van der Waals surface area contributed by atoms with Crippen LogP contribution in [0.15, 0.2) is 66.7 Å². The zero-order chi connectivity index (χ0) is 24.8. The Hall–Kier alpha value is -4.00. The van der Waals surface area contributed by atoms with Crippen LogP contribution >= 0.6 is 0 Å². The monoisotopic (exact) mass is 462 g/mol. The zero-order valence-corrected chi connectivity index (χ0v) is 19.3. The zero-order valence-electron chi connectivity index (χ0n) is 19.3. The highest BCUT2D eigenvalue weighted by Gasteiger charge is 2.23. The molecule has 0 spiro atoms. The highest BCUT2D eigenvalue weighted by molar-refractivity contribution is 5.97. The number of hydrogen-bond acceptors (Lipinski definition) is 3. The molecule has 1 atom stereocenters. The molecule has 0 saturated carbocycles. The van der Waals surface area contributed by atoms with Gasteiger partial charge in [0.15, 0.2) is 0 Å². The lowest BCUT2D eigenvalue weighted by Gasteiger charge is -2.18. The van der Waals surface area contributed by atoms with Crippen molar-refractivity contribution in [1.82, 2.24) is 5.32 Å². The number of carboxylic acids is 1. The van der Waals surface area contributed by atoms with Crippen LogP contribution in [0.1, 0.15) is 35.3 Å². The van der Waals surface area contributed by atoms with E-state index in [0.29, 0.717) is 16.7 Å².